The number of hydrogen-bond donors (Lipinski definition) is 1. The van der Waals surface area contributed by atoms with Gasteiger partial charge in [0.15, 0.2) is 0 Å². The molecule has 2 bridgehead atoms. The second kappa shape index (κ2) is 4.98. The monoisotopic (exact) mass is 264 g/mol. The van der Waals surface area contributed by atoms with E-state index < -0.39 is 5.97 Å². The summed E-state index contributed by atoms with van der Waals surface area (Å²) < 4.78 is 5.34. The summed E-state index contributed by atoms with van der Waals surface area (Å²) in [6.45, 7) is 2.83. The van der Waals surface area contributed by atoms with E-state index in [1.54, 1.807) is 6.07 Å². The summed E-state index contributed by atoms with van der Waals surface area (Å²) in [5.74, 6) is -0.220. The van der Waals surface area contributed by atoms with Gasteiger partial charge in [-0.05, 0) is 38.4 Å². The Balaban J connectivity index is 1.65. The lowest BCUT2D eigenvalue weighted by atomic mass is 10.1. The molecule has 2 atom stereocenters. The van der Waals surface area contributed by atoms with Crippen LogP contribution in [-0.4, -0.2) is 53.1 Å². The van der Waals surface area contributed by atoms with Gasteiger partial charge in [-0.15, -0.1) is 0 Å². The number of hydrogen-bond acceptors (Lipinski definition) is 4. The number of carboxylic acids is 1. The molecule has 2 saturated heterocycles. The van der Waals surface area contributed by atoms with Crippen LogP contribution in [0.4, 0.5) is 0 Å². The molecule has 2 aliphatic rings. The molecule has 0 spiro atoms. The molecule has 0 aliphatic carbocycles. The third-order valence-electron chi connectivity index (χ3n) is 4.48. The molecule has 2 unspecified atom stereocenters. The number of carbonyl (C=O) groups is 1. The number of aromatic carboxylic acids is 1. The van der Waals surface area contributed by atoms with Gasteiger partial charge in [0.05, 0.1) is 6.54 Å². The van der Waals surface area contributed by atoms with Crippen LogP contribution in [0.25, 0.3) is 0 Å². The maximum atomic E-state index is 10.8. The lowest BCUT2D eigenvalue weighted by Gasteiger charge is -2.24. The van der Waals surface area contributed by atoms with Crippen molar-refractivity contribution in [3.05, 3.63) is 23.7 Å². The summed E-state index contributed by atoms with van der Waals surface area (Å²) in [5.41, 5.74) is 0. The molecular weight excluding hydrogens is 244 g/mol. The van der Waals surface area contributed by atoms with Crippen LogP contribution < -0.4 is 0 Å². The fourth-order valence-corrected chi connectivity index (χ4v) is 3.32. The first-order valence-corrected chi connectivity index (χ1v) is 6.90. The van der Waals surface area contributed by atoms with Crippen LogP contribution in [0.2, 0.25) is 0 Å². The Labute approximate surface area is 112 Å². The number of rotatable bonds is 3. The van der Waals surface area contributed by atoms with Crippen LogP contribution in [0.5, 0.6) is 0 Å². The fourth-order valence-electron chi connectivity index (χ4n) is 3.32. The van der Waals surface area contributed by atoms with E-state index in [4.69, 9.17) is 9.52 Å². The second-order valence-corrected chi connectivity index (χ2v) is 5.65. The van der Waals surface area contributed by atoms with Gasteiger partial charge in [-0.1, -0.05) is 0 Å². The smallest absolute Gasteiger partial charge is 0.371 e. The van der Waals surface area contributed by atoms with Gasteiger partial charge in [-0.3, -0.25) is 9.80 Å². The van der Waals surface area contributed by atoms with E-state index in [2.05, 4.69) is 16.8 Å². The van der Waals surface area contributed by atoms with Crippen molar-refractivity contribution in [3.63, 3.8) is 0 Å². The van der Waals surface area contributed by atoms with Crippen LogP contribution in [-0.2, 0) is 6.54 Å². The van der Waals surface area contributed by atoms with Gasteiger partial charge in [0, 0.05) is 25.2 Å². The van der Waals surface area contributed by atoms with Crippen molar-refractivity contribution >= 4 is 5.97 Å². The van der Waals surface area contributed by atoms with E-state index in [0.717, 1.165) is 24.9 Å². The maximum absolute atomic E-state index is 10.8. The summed E-state index contributed by atoms with van der Waals surface area (Å²) in [7, 11) is 2.22. The highest BCUT2D eigenvalue weighted by molar-refractivity contribution is 5.84. The predicted octanol–water partition coefficient (Wildman–Crippen LogP) is 1.65. The molecule has 3 rings (SSSR count). The summed E-state index contributed by atoms with van der Waals surface area (Å²) in [5, 5.41) is 8.86. The van der Waals surface area contributed by atoms with Gasteiger partial charge in [0.2, 0.25) is 5.76 Å². The molecule has 0 radical (unpaired) electrons. The van der Waals surface area contributed by atoms with E-state index >= 15 is 0 Å². The first kappa shape index (κ1) is 12.7. The van der Waals surface area contributed by atoms with E-state index in [0.29, 0.717) is 12.6 Å². The minimum atomic E-state index is -0.999. The zero-order valence-electron chi connectivity index (χ0n) is 11.2. The number of nitrogens with zero attached hydrogens (tertiary/aromatic N) is 2. The second-order valence-electron chi connectivity index (χ2n) is 5.65. The van der Waals surface area contributed by atoms with Crippen molar-refractivity contribution in [2.24, 2.45) is 0 Å². The Morgan fingerprint density at radius 2 is 2.16 bits per heavy atom. The lowest BCUT2D eigenvalue weighted by Crippen LogP contribution is -2.36. The minimum absolute atomic E-state index is 0.0310. The summed E-state index contributed by atoms with van der Waals surface area (Å²) >= 11 is 0. The Kier molecular flexibility index (Phi) is 3.33. The highest BCUT2D eigenvalue weighted by Gasteiger charge is 2.34. The molecule has 0 saturated carbocycles. The van der Waals surface area contributed by atoms with Crippen molar-refractivity contribution in [3.8, 4) is 0 Å². The van der Waals surface area contributed by atoms with Crippen LogP contribution in [0, 0.1) is 0 Å². The third-order valence-corrected chi connectivity index (χ3v) is 4.48. The number of likely N-dealkylation sites (N-methyl/N-ethyl adjacent to an activating group) is 1. The Bertz CT molecular complexity index is 471. The van der Waals surface area contributed by atoms with Gasteiger partial charge >= 0.3 is 5.97 Å². The van der Waals surface area contributed by atoms with E-state index in [9.17, 15) is 4.79 Å². The molecule has 3 heterocycles. The van der Waals surface area contributed by atoms with E-state index in [-0.39, 0.29) is 5.76 Å². The standard InChI is InChI=1S/C14H20N2O3/c1-15-10-2-3-11(15)8-16(7-6-10)9-12-4-5-13(19-12)14(17)18/h4-5,10-11H,2-3,6-9H2,1H3,(H,17,18). The number of carboxylic acid groups (broad SMARTS) is 1. The summed E-state index contributed by atoms with van der Waals surface area (Å²) in [6, 6.07) is 4.67. The zero-order chi connectivity index (χ0) is 13.4. The average Bonchev–Trinajstić information content (AvgIpc) is 2.89. The number of likely N-dealkylation sites (tertiary alicyclic amines) is 1. The first-order chi connectivity index (χ1) is 9.13. The summed E-state index contributed by atoms with van der Waals surface area (Å²) in [6.07, 6.45) is 3.79. The largest absolute Gasteiger partial charge is 0.475 e. The Hall–Kier alpha value is -1.33. The van der Waals surface area contributed by atoms with Gasteiger partial charge < -0.3 is 9.52 Å². The lowest BCUT2D eigenvalue weighted by molar-refractivity contribution is 0.0658. The molecule has 1 N–H and O–H groups in total. The molecule has 2 fully saturated rings. The van der Waals surface area contributed by atoms with E-state index in [1.807, 2.05) is 0 Å². The number of furan rings is 1. The molecule has 2 aliphatic heterocycles. The molecule has 5 heteroatoms. The topological polar surface area (TPSA) is 56.9 Å². The minimum Gasteiger partial charge on any atom is -0.475 e. The molecule has 1 aromatic rings. The van der Waals surface area contributed by atoms with E-state index in [1.165, 1.54) is 25.3 Å². The highest BCUT2D eigenvalue weighted by atomic mass is 16.4. The van der Waals surface area contributed by atoms with Crippen LogP contribution >= 0.6 is 0 Å². The molecular formula is C14H20N2O3. The van der Waals surface area contributed by atoms with Gasteiger partial charge in [-0.25, -0.2) is 4.79 Å². The fraction of sp³-hybridized carbons (Fsp3) is 0.643. The van der Waals surface area contributed by atoms with Gasteiger partial charge in [0.25, 0.3) is 0 Å². The Morgan fingerprint density at radius 3 is 2.89 bits per heavy atom. The quantitative estimate of drug-likeness (QED) is 0.899. The van der Waals surface area contributed by atoms with Gasteiger partial charge in [-0.2, -0.15) is 0 Å². The highest BCUT2D eigenvalue weighted by Crippen LogP contribution is 2.29. The molecule has 0 aromatic carbocycles. The molecule has 5 nitrogen and oxygen atoms in total. The van der Waals surface area contributed by atoms with Crippen molar-refractivity contribution in [2.75, 3.05) is 20.1 Å². The maximum Gasteiger partial charge on any atom is 0.371 e. The van der Waals surface area contributed by atoms with Crippen molar-refractivity contribution in [1.82, 2.24) is 9.80 Å². The molecule has 0 amide bonds. The SMILES string of the molecule is CN1C2CCC1CN(Cc1ccc(C(=O)O)o1)CC2. The molecule has 1 aromatic heterocycles. The van der Waals surface area contributed by atoms with Crippen molar-refractivity contribution in [2.45, 2.75) is 37.9 Å². The van der Waals surface area contributed by atoms with Crippen molar-refractivity contribution < 1.29 is 14.3 Å². The predicted molar refractivity (Wildman–Crippen MR) is 70.1 cm³/mol. The zero-order valence-corrected chi connectivity index (χ0v) is 11.2. The third kappa shape index (κ3) is 2.53. The van der Waals surface area contributed by atoms with Crippen molar-refractivity contribution in [1.29, 1.82) is 0 Å². The number of fused-ring (bicyclic) bond motifs is 2. The van der Waals surface area contributed by atoms with Crippen LogP contribution in [0.1, 0.15) is 35.6 Å². The first-order valence-electron chi connectivity index (χ1n) is 6.90. The van der Waals surface area contributed by atoms with Crippen LogP contribution in [0.15, 0.2) is 16.5 Å². The Morgan fingerprint density at radius 1 is 1.37 bits per heavy atom. The van der Waals surface area contributed by atoms with Gasteiger partial charge in [0.1, 0.15) is 5.76 Å². The normalized spacial score (nSPS) is 28.5. The molecule has 19 heavy (non-hydrogen) atoms. The van der Waals surface area contributed by atoms with Crippen LogP contribution in [0.3, 0.4) is 0 Å². The summed E-state index contributed by atoms with van der Waals surface area (Å²) in [4.78, 5) is 15.7. The average molecular weight is 264 g/mol. The molecule has 104 valence electrons.